The van der Waals surface area contributed by atoms with E-state index in [1.807, 2.05) is 23.9 Å². The number of rotatable bonds is 11. The maximum absolute atomic E-state index is 15.0. The summed E-state index contributed by atoms with van der Waals surface area (Å²) >= 11 is 0. The van der Waals surface area contributed by atoms with E-state index in [-0.39, 0.29) is 35.0 Å². The van der Waals surface area contributed by atoms with Gasteiger partial charge in [0.15, 0.2) is 11.6 Å². The zero-order chi connectivity index (χ0) is 32.2. The summed E-state index contributed by atoms with van der Waals surface area (Å²) in [6.45, 7) is 4.44. The molecule has 0 aromatic heterocycles. The van der Waals surface area contributed by atoms with Gasteiger partial charge in [0.2, 0.25) is 5.91 Å². The summed E-state index contributed by atoms with van der Waals surface area (Å²) in [5.41, 5.74) is 1.62. The molecule has 2 aliphatic rings. The Morgan fingerprint density at radius 2 is 1.44 bits per heavy atom. The Kier molecular flexibility index (Phi) is 9.99. The highest BCUT2D eigenvalue weighted by atomic mass is 19.1. The van der Waals surface area contributed by atoms with Gasteiger partial charge < -0.3 is 20.0 Å². The van der Waals surface area contributed by atoms with E-state index in [9.17, 15) is 29.0 Å². The molecule has 9 heteroatoms. The third kappa shape index (κ3) is 7.10. The number of phenols is 2. The van der Waals surface area contributed by atoms with Gasteiger partial charge in [-0.05, 0) is 88.3 Å². The lowest BCUT2D eigenvalue weighted by Crippen LogP contribution is -2.52. The molecule has 2 fully saturated rings. The summed E-state index contributed by atoms with van der Waals surface area (Å²) in [6.07, 6.45) is 2.32. The molecule has 0 saturated carbocycles. The summed E-state index contributed by atoms with van der Waals surface area (Å²) in [7, 11) is 3.81. The largest absolute Gasteiger partial charge is 0.508 e. The van der Waals surface area contributed by atoms with E-state index in [4.69, 9.17) is 0 Å². The van der Waals surface area contributed by atoms with Crippen molar-refractivity contribution in [3.8, 4) is 11.5 Å². The van der Waals surface area contributed by atoms with Crippen molar-refractivity contribution < 1.29 is 29.0 Å². The summed E-state index contributed by atoms with van der Waals surface area (Å²) in [5.74, 6) is -2.94. The minimum absolute atomic E-state index is 0.0408. The Morgan fingerprint density at radius 3 is 1.93 bits per heavy atom. The lowest BCUT2D eigenvalue weighted by Gasteiger charge is -2.44. The average molecular weight is 616 g/mol. The van der Waals surface area contributed by atoms with E-state index in [0.717, 1.165) is 19.5 Å². The fraction of sp³-hybridized carbons (Fsp3) is 0.417. The van der Waals surface area contributed by atoms with Crippen LogP contribution in [-0.4, -0.2) is 95.2 Å². The molecular formula is C36H42FN3O5. The molecule has 3 aromatic rings. The fourth-order valence-electron chi connectivity index (χ4n) is 6.84. The van der Waals surface area contributed by atoms with Crippen LogP contribution >= 0.6 is 0 Å². The quantitative estimate of drug-likeness (QED) is 0.297. The molecule has 2 heterocycles. The molecule has 0 spiro atoms. The molecule has 238 valence electrons. The topological polar surface area (TPSA) is 101 Å². The molecule has 3 aromatic carbocycles. The first kappa shape index (κ1) is 32.3. The van der Waals surface area contributed by atoms with Crippen LogP contribution in [0.2, 0.25) is 0 Å². The Morgan fingerprint density at radius 1 is 0.889 bits per heavy atom. The van der Waals surface area contributed by atoms with Crippen molar-refractivity contribution in [2.75, 3.05) is 46.8 Å². The van der Waals surface area contributed by atoms with Crippen LogP contribution in [0.15, 0.2) is 66.7 Å². The molecular weight excluding hydrogens is 573 g/mol. The van der Waals surface area contributed by atoms with Crippen molar-refractivity contribution in [3.63, 3.8) is 0 Å². The highest BCUT2D eigenvalue weighted by Gasteiger charge is 2.45. The number of ketones is 2. The van der Waals surface area contributed by atoms with E-state index in [0.29, 0.717) is 54.7 Å². The molecule has 5 rings (SSSR count). The maximum atomic E-state index is 15.0. The van der Waals surface area contributed by atoms with Crippen LogP contribution in [0.3, 0.4) is 0 Å². The smallest absolute Gasteiger partial charge is 0.239 e. The number of Topliss-reactive ketones (excluding diaryl/α,β-unsaturated/α-hetero) is 2. The molecule has 8 nitrogen and oxygen atoms in total. The number of carbonyl (C=O) groups excluding carboxylic acids is 3. The second-order valence-electron chi connectivity index (χ2n) is 12.6. The van der Waals surface area contributed by atoms with E-state index in [1.54, 1.807) is 43.3 Å². The lowest BCUT2D eigenvalue weighted by molar-refractivity contribution is -0.139. The van der Waals surface area contributed by atoms with Gasteiger partial charge in [0.1, 0.15) is 17.3 Å². The number of carbonyl (C=O) groups is 3. The number of halogens is 1. The van der Waals surface area contributed by atoms with Crippen molar-refractivity contribution in [1.82, 2.24) is 14.7 Å². The Bertz CT molecular complexity index is 1490. The second kappa shape index (κ2) is 13.9. The minimum atomic E-state index is -0.723. The zero-order valence-electron chi connectivity index (χ0n) is 26.2. The number of benzene rings is 3. The molecule has 2 N–H and O–H groups in total. The number of phenolic OH excluding ortho intramolecular Hbond substituents is 2. The molecule has 2 aliphatic heterocycles. The van der Waals surface area contributed by atoms with Crippen LogP contribution in [0.25, 0.3) is 0 Å². The molecule has 1 amide bonds. The number of aromatic hydroxyl groups is 2. The SMILES string of the molecule is Cc1c(F)cccc1[C@@H]1[C@@H](C(=O)c2cccc(O)c2)CN(CCC[C@H](C(=O)N2CCC2)N(C)C)C[C@H]1C(=O)c1cccc(O)c1. The maximum Gasteiger partial charge on any atom is 0.239 e. The van der Waals surface area contributed by atoms with Crippen molar-refractivity contribution >= 4 is 17.5 Å². The average Bonchev–Trinajstić information content (AvgIpc) is 2.98. The number of nitrogens with zero attached hydrogens (tertiary/aromatic N) is 3. The second-order valence-corrected chi connectivity index (χ2v) is 12.6. The highest BCUT2D eigenvalue weighted by molar-refractivity contribution is 6.02. The van der Waals surface area contributed by atoms with Gasteiger partial charge in [0, 0.05) is 55.1 Å². The first-order valence-electron chi connectivity index (χ1n) is 15.6. The van der Waals surface area contributed by atoms with Crippen LogP contribution in [0.4, 0.5) is 4.39 Å². The van der Waals surface area contributed by atoms with E-state index in [1.165, 1.54) is 30.3 Å². The van der Waals surface area contributed by atoms with Gasteiger partial charge in [-0.3, -0.25) is 19.3 Å². The van der Waals surface area contributed by atoms with Gasteiger partial charge in [-0.2, -0.15) is 0 Å². The molecule has 2 saturated heterocycles. The van der Waals surface area contributed by atoms with Crippen molar-refractivity contribution in [1.29, 1.82) is 0 Å². The van der Waals surface area contributed by atoms with Gasteiger partial charge in [-0.1, -0.05) is 36.4 Å². The minimum Gasteiger partial charge on any atom is -0.508 e. The normalized spacial score (nSPS) is 20.9. The molecule has 0 bridgehead atoms. The number of hydrogen-bond acceptors (Lipinski definition) is 7. The monoisotopic (exact) mass is 615 g/mol. The fourth-order valence-corrected chi connectivity index (χ4v) is 6.84. The molecule has 0 radical (unpaired) electrons. The Balaban J connectivity index is 1.50. The van der Waals surface area contributed by atoms with E-state index in [2.05, 4.69) is 4.90 Å². The summed E-state index contributed by atoms with van der Waals surface area (Å²) < 4.78 is 15.0. The number of piperidine rings is 1. The standard InChI is InChI=1S/C36H42FN3O5/c1-23-28(13-6-14-31(23)37)33-29(34(43)24-9-4-11-26(41)19-24)21-39(22-30(33)35(44)25-10-5-12-27(42)20-25)16-7-15-32(38(2)3)36(45)40-17-8-18-40/h4-6,9-14,19-20,29-30,32-33,41-42H,7-8,15-18,21-22H2,1-3H3/t29-,30+,32-,33+/m1/s1. The van der Waals surface area contributed by atoms with Crippen molar-refractivity contribution in [2.24, 2.45) is 11.8 Å². The molecule has 0 aliphatic carbocycles. The predicted molar refractivity (Wildman–Crippen MR) is 170 cm³/mol. The predicted octanol–water partition coefficient (Wildman–Crippen LogP) is 4.89. The van der Waals surface area contributed by atoms with Crippen molar-refractivity contribution in [2.45, 2.75) is 38.1 Å². The number of amides is 1. The van der Waals surface area contributed by atoms with E-state index < -0.39 is 23.6 Å². The van der Waals surface area contributed by atoms with Crippen LogP contribution in [-0.2, 0) is 4.79 Å². The van der Waals surface area contributed by atoms with Gasteiger partial charge in [-0.25, -0.2) is 4.39 Å². The van der Waals surface area contributed by atoms with Crippen molar-refractivity contribution in [3.05, 3.63) is 94.8 Å². The number of likely N-dealkylation sites (tertiary alicyclic amines) is 2. The van der Waals surface area contributed by atoms with E-state index >= 15 is 0 Å². The van der Waals surface area contributed by atoms with Gasteiger partial charge in [-0.15, -0.1) is 0 Å². The van der Waals surface area contributed by atoms with Crippen LogP contribution in [0, 0.1) is 24.6 Å². The van der Waals surface area contributed by atoms with Gasteiger partial charge in [0.25, 0.3) is 0 Å². The van der Waals surface area contributed by atoms with Crippen LogP contribution in [0.5, 0.6) is 11.5 Å². The van der Waals surface area contributed by atoms with Crippen LogP contribution in [0.1, 0.15) is 57.0 Å². The summed E-state index contributed by atoms with van der Waals surface area (Å²) in [4.78, 5) is 47.5. The highest BCUT2D eigenvalue weighted by Crippen LogP contribution is 2.43. The summed E-state index contributed by atoms with van der Waals surface area (Å²) in [5, 5.41) is 20.4. The molecule has 45 heavy (non-hydrogen) atoms. The first-order valence-corrected chi connectivity index (χ1v) is 15.6. The third-order valence-corrected chi connectivity index (χ3v) is 9.41. The number of hydrogen-bond donors (Lipinski definition) is 2. The molecule has 0 unspecified atom stereocenters. The Hall–Kier alpha value is -4.08. The van der Waals surface area contributed by atoms with Gasteiger partial charge >= 0.3 is 0 Å². The zero-order valence-corrected chi connectivity index (χ0v) is 26.2. The van der Waals surface area contributed by atoms with Crippen LogP contribution < -0.4 is 0 Å². The van der Waals surface area contributed by atoms with Gasteiger partial charge in [0.05, 0.1) is 6.04 Å². The first-order chi connectivity index (χ1) is 21.5. The molecule has 4 atom stereocenters. The Labute approximate surface area is 264 Å². The lowest BCUT2D eigenvalue weighted by atomic mass is 9.67. The number of likely N-dealkylation sites (N-methyl/N-ethyl adjacent to an activating group) is 1. The third-order valence-electron chi connectivity index (χ3n) is 9.41. The summed E-state index contributed by atoms with van der Waals surface area (Å²) in [6, 6.07) is 16.8.